The van der Waals surface area contributed by atoms with Gasteiger partial charge in [0, 0.05) is 13.1 Å². The molecule has 3 unspecified atom stereocenters. The molecule has 6 nitrogen and oxygen atoms in total. The van der Waals surface area contributed by atoms with E-state index >= 15 is 0 Å². The maximum Gasteiger partial charge on any atom is 0.328 e. The van der Waals surface area contributed by atoms with E-state index in [4.69, 9.17) is 9.47 Å². The van der Waals surface area contributed by atoms with E-state index in [1.165, 1.54) is 19.2 Å². The molecule has 0 aliphatic carbocycles. The molecule has 0 saturated carbocycles. The monoisotopic (exact) mass is 366 g/mol. The number of hydrogen-bond acceptors (Lipinski definition) is 5. The number of methoxy groups -OCH3 is 1. The van der Waals surface area contributed by atoms with Crippen molar-refractivity contribution in [1.29, 1.82) is 0 Å². The Morgan fingerprint density at radius 1 is 1.38 bits per heavy atom. The van der Waals surface area contributed by atoms with Gasteiger partial charge in [-0.25, -0.2) is 9.18 Å². The second kappa shape index (κ2) is 9.64. The molecular weight excluding hydrogens is 339 g/mol. The van der Waals surface area contributed by atoms with Crippen LogP contribution in [0.25, 0.3) is 0 Å². The molecule has 26 heavy (non-hydrogen) atoms. The molecule has 2 rings (SSSR count). The van der Waals surface area contributed by atoms with Crippen molar-refractivity contribution in [1.82, 2.24) is 10.2 Å². The van der Waals surface area contributed by atoms with E-state index in [-0.39, 0.29) is 30.3 Å². The molecule has 1 amide bonds. The lowest BCUT2D eigenvalue weighted by Crippen LogP contribution is -2.50. The number of rotatable bonds is 7. The summed E-state index contributed by atoms with van der Waals surface area (Å²) in [6.07, 6.45) is 0.549. The highest BCUT2D eigenvalue weighted by Gasteiger charge is 2.28. The molecule has 144 valence electrons. The Balaban J connectivity index is 1.93. The summed E-state index contributed by atoms with van der Waals surface area (Å²) in [4.78, 5) is 26.3. The van der Waals surface area contributed by atoms with Crippen LogP contribution in [0.2, 0.25) is 0 Å². The first-order valence-electron chi connectivity index (χ1n) is 8.91. The van der Waals surface area contributed by atoms with E-state index in [2.05, 4.69) is 5.32 Å². The van der Waals surface area contributed by atoms with Gasteiger partial charge >= 0.3 is 5.97 Å². The fraction of sp³-hybridized carbons (Fsp3) is 0.579. The van der Waals surface area contributed by atoms with E-state index in [1.807, 2.05) is 18.7 Å². The molecule has 1 heterocycles. The second-order valence-corrected chi connectivity index (χ2v) is 6.60. The summed E-state index contributed by atoms with van der Waals surface area (Å²) in [5.74, 6) is -0.956. The lowest BCUT2D eigenvalue weighted by Gasteiger charge is -2.33. The highest BCUT2D eigenvalue weighted by Crippen LogP contribution is 2.22. The largest absolute Gasteiger partial charge is 0.467 e. The van der Waals surface area contributed by atoms with E-state index in [9.17, 15) is 14.0 Å². The van der Waals surface area contributed by atoms with Crippen LogP contribution in [-0.2, 0) is 19.1 Å². The Morgan fingerprint density at radius 2 is 2.08 bits per heavy atom. The molecule has 7 heteroatoms. The van der Waals surface area contributed by atoms with Crippen LogP contribution >= 0.6 is 0 Å². The van der Waals surface area contributed by atoms with E-state index in [0.29, 0.717) is 19.7 Å². The zero-order chi connectivity index (χ0) is 19.1. The average Bonchev–Trinajstić information content (AvgIpc) is 2.65. The molecule has 1 aliphatic heterocycles. The van der Waals surface area contributed by atoms with Gasteiger partial charge in [0.25, 0.3) is 0 Å². The van der Waals surface area contributed by atoms with Crippen LogP contribution < -0.4 is 5.32 Å². The minimum atomic E-state index is -0.647. The second-order valence-electron chi connectivity index (χ2n) is 6.60. The van der Waals surface area contributed by atoms with Gasteiger partial charge in [-0.1, -0.05) is 32.4 Å². The Morgan fingerprint density at radius 3 is 2.69 bits per heavy atom. The molecule has 1 saturated heterocycles. The molecule has 0 radical (unpaired) electrons. The minimum Gasteiger partial charge on any atom is -0.467 e. The topological polar surface area (TPSA) is 67.9 Å². The quantitative estimate of drug-likeness (QED) is 0.747. The molecule has 0 bridgehead atoms. The molecule has 1 aliphatic rings. The van der Waals surface area contributed by atoms with Gasteiger partial charge in [-0.15, -0.1) is 0 Å². The number of amides is 1. The molecule has 0 aromatic heterocycles. The number of carbonyl (C=O) groups is 2. The van der Waals surface area contributed by atoms with Crippen LogP contribution in [0.1, 0.15) is 31.9 Å². The first-order valence-corrected chi connectivity index (χ1v) is 8.91. The van der Waals surface area contributed by atoms with Crippen molar-refractivity contribution in [2.45, 2.75) is 32.4 Å². The Bertz CT molecular complexity index is 608. The van der Waals surface area contributed by atoms with Crippen LogP contribution in [0, 0.1) is 11.7 Å². The highest BCUT2D eigenvalue weighted by atomic mass is 19.1. The van der Waals surface area contributed by atoms with Gasteiger partial charge < -0.3 is 14.8 Å². The van der Waals surface area contributed by atoms with Crippen molar-refractivity contribution < 1.29 is 23.5 Å². The highest BCUT2D eigenvalue weighted by molar-refractivity contribution is 5.85. The Hall–Kier alpha value is -1.99. The van der Waals surface area contributed by atoms with Gasteiger partial charge in [-0.2, -0.15) is 0 Å². The van der Waals surface area contributed by atoms with Gasteiger partial charge in [0.05, 0.1) is 26.4 Å². The third kappa shape index (κ3) is 5.51. The number of benzene rings is 1. The van der Waals surface area contributed by atoms with Crippen molar-refractivity contribution in [2.24, 2.45) is 5.92 Å². The molecule has 0 spiro atoms. The van der Waals surface area contributed by atoms with Crippen LogP contribution in [0.5, 0.6) is 0 Å². The van der Waals surface area contributed by atoms with Crippen molar-refractivity contribution >= 4 is 11.9 Å². The number of nitrogens with one attached hydrogen (secondary N) is 1. The predicted octanol–water partition coefficient (Wildman–Crippen LogP) is 1.90. The summed E-state index contributed by atoms with van der Waals surface area (Å²) in [6, 6.07) is 5.54. The van der Waals surface area contributed by atoms with Gasteiger partial charge in [0.15, 0.2) is 0 Å². The maximum atomic E-state index is 13.1. The lowest BCUT2D eigenvalue weighted by molar-refractivity contribution is -0.147. The molecule has 1 N–H and O–H groups in total. The molecule has 1 aromatic carbocycles. The molecular formula is C19H27FN2O4. The summed E-state index contributed by atoms with van der Waals surface area (Å²) in [5.41, 5.74) is 0.878. The normalized spacial score (nSPS) is 20.2. The van der Waals surface area contributed by atoms with Crippen LogP contribution in [0.15, 0.2) is 24.3 Å². The number of halogens is 1. The van der Waals surface area contributed by atoms with E-state index < -0.39 is 12.0 Å². The third-order valence-corrected chi connectivity index (χ3v) is 4.74. The smallest absolute Gasteiger partial charge is 0.328 e. The number of ether oxygens (including phenoxy) is 2. The van der Waals surface area contributed by atoms with Crippen LogP contribution in [-0.4, -0.2) is 56.2 Å². The summed E-state index contributed by atoms with van der Waals surface area (Å²) < 4.78 is 23.6. The van der Waals surface area contributed by atoms with Crippen molar-refractivity contribution in [2.75, 3.05) is 33.4 Å². The van der Waals surface area contributed by atoms with E-state index in [1.54, 1.807) is 12.1 Å². The third-order valence-electron chi connectivity index (χ3n) is 4.74. The van der Waals surface area contributed by atoms with Crippen LogP contribution in [0.4, 0.5) is 4.39 Å². The summed E-state index contributed by atoms with van der Waals surface area (Å²) in [6.45, 7) is 5.68. The van der Waals surface area contributed by atoms with Crippen molar-refractivity contribution in [3.8, 4) is 0 Å². The molecule has 1 fully saturated rings. The summed E-state index contributed by atoms with van der Waals surface area (Å²) >= 11 is 0. The number of nitrogens with zero attached hydrogens (tertiary/aromatic N) is 1. The van der Waals surface area contributed by atoms with Crippen LogP contribution in [0.3, 0.4) is 0 Å². The average molecular weight is 366 g/mol. The Kier molecular flexibility index (Phi) is 7.53. The number of hydrogen-bond donors (Lipinski definition) is 1. The fourth-order valence-electron chi connectivity index (χ4n) is 2.94. The first-order chi connectivity index (χ1) is 12.4. The summed E-state index contributed by atoms with van der Waals surface area (Å²) in [5, 5.41) is 2.78. The van der Waals surface area contributed by atoms with Gasteiger partial charge in [-0.05, 0) is 23.6 Å². The Labute approximate surface area is 153 Å². The van der Waals surface area contributed by atoms with Gasteiger partial charge in [0.2, 0.25) is 5.91 Å². The predicted molar refractivity (Wildman–Crippen MR) is 94.9 cm³/mol. The SMILES string of the molecule is CCC(C)C(NC(=O)CN1CCOC(c2ccc(F)cc2)C1)C(=O)OC. The van der Waals surface area contributed by atoms with Crippen molar-refractivity contribution in [3.63, 3.8) is 0 Å². The van der Waals surface area contributed by atoms with E-state index in [0.717, 1.165) is 12.0 Å². The molecule has 1 aromatic rings. The number of morpholine rings is 1. The summed E-state index contributed by atoms with van der Waals surface area (Å²) in [7, 11) is 1.32. The fourth-order valence-corrected chi connectivity index (χ4v) is 2.94. The maximum absolute atomic E-state index is 13.1. The van der Waals surface area contributed by atoms with Gasteiger partial charge in [0.1, 0.15) is 11.9 Å². The minimum absolute atomic E-state index is 0.0111. The zero-order valence-electron chi connectivity index (χ0n) is 15.5. The number of carbonyl (C=O) groups excluding carboxylic acids is 2. The van der Waals surface area contributed by atoms with Crippen molar-refractivity contribution in [3.05, 3.63) is 35.6 Å². The standard InChI is InChI=1S/C19H27FN2O4/c1-4-13(2)18(19(24)25-3)21-17(23)12-22-9-10-26-16(11-22)14-5-7-15(20)8-6-14/h5-8,13,16,18H,4,9-12H2,1-3H3,(H,21,23). The zero-order valence-corrected chi connectivity index (χ0v) is 15.5. The lowest BCUT2D eigenvalue weighted by atomic mass is 9.99. The molecule has 3 atom stereocenters. The first kappa shape index (κ1) is 20.3. The number of esters is 1. The van der Waals surface area contributed by atoms with Gasteiger partial charge in [-0.3, -0.25) is 9.69 Å².